The quantitative estimate of drug-likeness (QED) is 0.492. The molecule has 0 bridgehead atoms. The fraction of sp³-hybridized carbons (Fsp3) is 0.438. The lowest BCUT2D eigenvalue weighted by Gasteiger charge is -2.56. The summed E-state index contributed by atoms with van der Waals surface area (Å²) in [4.78, 5) is 32.3. The zero-order valence-electron chi connectivity index (χ0n) is 23.2. The third-order valence-corrected chi connectivity index (χ3v) is 10.7. The lowest BCUT2D eigenvalue weighted by Crippen LogP contribution is -2.76. The summed E-state index contributed by atoms with van der Waals surface area (Å²) in [5.74, 6) is -0.936. The molecule has 7 rings (SSSR count). The van der Waals surface area contributed by atoms with Crippen molar-refractivity contribution < 1.29 is 18.4 Å². The second-order valence-electron chi connectivity index (χ2n) is 13.1. The monoisotopic (exact) mass is 544 g/mol. The van der Waals surface area contributed by atoms with Crippen molar-refractivity contribution in [1.82, 2.24) is 9.80 Å². The zero-order chi connectivity index (χ0) is 28.7. The number of benzene rings is 2. The van der Waals surface area contributed by atoms with Gasteiger partial charge in [-0.05, 0) is 12.1 Å². The van der Waals surface area contributed by atoms with Crippen molar-refractivity contribution in [2.75, 3.05) is 10.6 Å². The van der Waals surface area contributed by atoms with E-state index in [9.17, 15) is 9.59 Å². The van der Waals surface area contributed by atoms with Gasteiger partial charge in [0.15, 0.2) is 22.7 Å². The van der Waals surface area contributed by atoms with E-state index in [4.69, 9.17) is 0 Å². The van der Waals surface area contributed by atoms with Crippen molar-refractivity contribution in [3.63, 3.8) is 0 Å². The minimum Gasteiger partial charge on any atom is -0.359 e. The second kappa shape index (κ2) is 7.14. The van der Waals surface area contributed by atoms with Gasteiger partial charge in [0.1, 0.15) is 12.1 Å². The Morgan fingerprint density at radius 3 is 1.45 bits per heavy atom. The first-order chi connectivity index (χ1) is 18.8. The Morgan fingerprint density at radius 2 is 1.10 bits per heavy atom. The number of halogens is 2. The van der Waals surface area contributed by atoms with Crippen molar-refractivity contribution in [3.8, 4) is 0 Å². The van der Waals surface area contributed by atoms with Gasteiger partial charge in [0.05, 0.1) is 0 Å². The first kappa shape index (κ1) is 25.3. The van der Waals surface area contributed by atoms with Crippen molar-refractivity contribution in [3.05, 3.63) is 85.0 Å². The van der Waals surface area contributed by atoms with Crippen LogP contribution in [0.15, 0.2) is 73.8 Å². The van der Waals surface area contributed by atoms with Gasteiger partial charge < -0.3 is 20.4 Å². The van der Waals surface area contributed by atoms with Gasteiger partial charge in [-0.1, -0.05) is 76.2 Å². The highest BCUT2D eigenvalue weighted by Gasteiger charge is 2.83. The highest BCUT2D eigenvalue weighted by atomic mass is 19.1. The Morgan fingerprint density at radius 1 is 0.750 bits per heavy atom. The average Bonchev–Trinajstić information content (AvgIpc) is 3.55. The van der Waals surface area contributed by atoms with Crippen LogP contribution in [-0.2, 0) is 20.9 Å². The molecule has 0 saturated carbocycles. The number of alkyl halides is 2. The van der Waals surface area contributed by atoms with E-state index in [0.717, 1.165) is 0 Å². The van der Waals surface area contributed by atoms with E-state index < -0.39 is 57.4 Å². The molecule has 0 unspecified atom stereocenters. The van der Waals surface area contributed by atoms with Crippen LogP contribution in [0.25, 0.3) is 0 Å². The SMILES string of the molecule is C=CC(C)(C)[C@@]12Nc3ccccc3[C@]1(F)C[C@H]1C(=O)N3[C@@H](C[C@]4(F)c5ccccc5N[C@]34C(C)(C)C=C)C(=O)N12. The third kappa shape index (κ3) is 2.31. The summed E-state index contributed by atoms with van der Waals surface area (Å²) in [5.41, 5.74) is -7.45. The first-order valence-electron chi connectivity index (χ1n) is 13.8. The van der Waals surface area contributed by atoms with Gasteiger partial charge in [-0.25, -0.2) is 8.78 Å². The maximum atomic E-state index is 17.8. The van der Waals surface area contributed by atoms with Crippen LogP contribution in [-0.4, -0.2) is 45.0 Å². The number of nitrogens with zero attached hydrogens (tertiary/aromatic N) is 2. The number of rotatable bonds is 4. The van der Waals surface area contributed by atoms with Gasteiger partial charge >= 0.3 is 0 Å². The summed E-state index contributed by atoms with van der Waals surface area (Å²) in [6.45, 7) is 15.3. The lowest BCUT2D eigenvalue weighted by atomic mass is 9.69. The van der Waals surface area contributed by atoms with E-state index in [2.05, 4.69) is 23.8 Å². The number of nitrogens with one attached hydrogen (secondary N) is 2. The topological polar surface area (TPSA) is 64.7 Å². The van der Waals surface area contributed by atoms with Crippen LogP contribution < -0.4 is 10.6 Å². The Balaban J connectivity index is 1.46. The van der Waals surface area contributed by atoms with Gasteiger partial charge in [-0.2, -0.15) is 0 Å². The fourth-order valence-electron chi connectivity index (χ4n) is 8.67. The summed E-state index contributed by atoms with van der Waals surface area (Å²) in [5, 5.41) is 6.72. The summed E-state index contributed by atoms with van der Waals surface area (Å²) >= 11 is 0. The maximum Gasteiger partial charge on any atom is 0.248 e. The number of fused-ring (bicyclic) bond motifs is 10. The number of carbonyl (C=O) groups is 2. The van der Waals surface area contributed by atoms with E-state index in [1.54, 1.807) is 48.6 Å². The summed E-state index contributed by atoms with van der Waals surface area (Å²) in [6.07, 6.45) is 2.76. The molecule has 5 aliphatic rings. The molecule has 8 heteroatoms. The number of para-hydroxylation sites is 2. The van der Waals surface area contributed by atoms with Crippen molar-refractivity contribution in [1.29, 1.82) is 0 Å². The molecule has 0 spiro atoms. The molecule has 2 amide bonds. The van der Waals surface area contributed by atoms with Crippen LogP contribution in [0.4, 0.5) is 20.2 Å². The molecular weight excluding hydrogens is 510 g/mol. The van der Waals surface area contributed by atoms with E-state index in [1.807, 2.05) is 39.8 Å². The molecule has 5 heterocycles. The smallest absolute Gasteiger partial charge is 0.248 e. The van der Waals surface area contributed by atoms with Crippen LogP contribution >= 0.6 is 0 Å². The van der Waals surface area contributed by atoms with Gasteiger partial charge in [0, 0.05) is 46.2 Å². The van der Waals surface area contributed by atoms with Crippen molar-refractivity contribution in [2.24, 2.45) is 10.8 Å². The molecule has 0 radical (unpaired) electrons. The average molecular weight is 545 g/mol. The van der Waals surface area contributed by atoms with Crippen LogP contribution in [0, 0.1) is 10.8 Å². The molecule has 2 aromatic rings. The number of piperazine rings is 1. The molecule has 6 atom stereocenters. The first-order valence-corrected chi connectivity index (χ1v) is 13.8. The molecule has 208 valence electrons. The normalized spacial score (nSPS) is 37.0. The number of anilines is 2. The summed E-state index contributed by atoms with van der Waals surface area (Å²) < 4.78 is 35.7. The number of carbonyl (C=O) groups excluding carboxylic acids is 2. The molecule has 3 saturated heterocycles. The second-order valence-corrected chi connectivity index (χ2v) is 13.1. The molecule has 2 aromatic carbocycles. The molecular formula is C32H34F2N4O2. The van der Waals surface area contributed by atoms with E-state index >= 15 is 8.78 Å². The minimum atomic E-state index is -2.09. The molecule has 0 aromatic heterocycles. The van der Waals surface area contributed by atoms with Crippen LogP contribution in [0.3, 0.4) is 0 Å². The highest BCUT2D eigenvalue weighted by Crippen LogP contribution is 2.69. The zero-order valence-corrected chi connectivity index (χ0v) is 23.2. The number of amides is 2. The van der Waals surface area contributed by atoms with Gasteiger partial charge in [-0.15, -0.1) is 13.2 Å². The maximum absolute atomic E-state index is 17.8. The summed E-state index contributed by atoms with van der Waals surface area (Å²) in [7, 11) is 0. The fourth-order valence-corrected chi connectivity index (χ4v) is 8.67. The highest BCUT2D eigenvalue weighted by molar-refractivity contribution is 6.02. The third-order valence-electron chi connectivity index (χ3n) is 10.7. The predicted octanol–water partition coefficient (Wildman–Crippen LogP) is 5.60. The van der Waals surface area contributed by atoms with Gasteiger partial charge in [0.25, 0.3) is 0 Å². The van der Waals surface area contributed by atoms with E-state index in [-0.39, 0.29) is 12.8 Å². The van der Waals surface area contributed by atoms with Gasteiger partial charge in [-0.3, -0.25) is 9.59 Å². The Kier molecular flexibility index (Phi) is 4.52. The Labute approximate surface area is 233 Å². The minimum absolute atomic E-state index is 0.251. The number of hydrogen-bond donors (Lipinski definition) is 2. The standard InChI is InChI=1S/C32H34F2N4O2/c1-7-27(3,4)31-29(33,19-13-9-11-15-21(19)35-31)17-23-26(40)38-24(25(39)37(23)31)18-30(34)20-14-10-12-16-22(20)36-32(30,38)28(5,6)8-2/h7-16,23-24,35-36H,1-2,17-18H2,3-6H3/t23-,24-,29-,30+,31+,32-/m0/s1. The predicted molar refractivity (Wildman–Crippen MR) is 150 cm³/mol. The molecule has 5 aliphatic heterocycles. The summed E-state index contributed by atoms with van der Waals surface area (Å²) in [6, 6.07) is 11.8. The number of hydrogen-bond acceptors (Lipinski definition) is 4. The lowest BCUT2D eigenvalue weighted by molar-refractivity contribution is -0.175. The van der Waals surface area contributed by atoms with Crippen molar-refractivity contribution in [2.45, 2.75) is 75.3 Å². The largest absolute Gasteiger partial charge is 0.359 e. The molecule has 40 heavy (non-hydrogen) atoms. The van der Waals surface area contributed by atoms with Crippen LogP contribution in [0.2, 0.25) is 0 Å². The van der Waals surface area contributed by atoms with Crippen molar-refractivity contribution >= 4 is 23.2 Å². The van der Waals surface area contributed by atoms with Gasteiger partial charge in [0.2, 0.25) is 11.8 Å². The van der Waals surface area contributed by atoms with Crippen LogP contribution in [0.5, 0.6) is 0 Å². The molecule has 2 N–H and O–H groups in total. The molecule has 3 fully saturated rings. The molecule has 6 nitrogen and oxygen atoms in total. The van der Waals surface area contributed by atoms with Crippen LogP contribution in [0.1, 0.15) is 51.7 Å². The Bertz CT molecular complexity index is 1420. The molecule has 0 aliphatic carbocycles. The van der Waals surface area contributed by atoms with E-state index in [0.29, 0.717) is 22.5 Å². The Hall–Kier alpha value is -3.68. The van der Waals surface area contributed by atoms with E-state index in [1.165, 1.54) is 9.80 Å².